The zero-order chi connectivity index (χ0) is 20.1. The van der Waals surface area contributed by atoms with Crippen LogP contribution >= 0.6 is 11.6 Å². The number of amides is 1. The van der Waals surface area contributed by atoms with Crippen molar-refractivity contribution in [1.82, 2.24) is 9.97 Å². The number of ether oxygens (including phenoxy) is 3. The average molecular weight is 402 g/mol. The molecule has 0 aliphatic heterocycles. The summed E-state index contributed by atoms with van der Waals surface area (Å²) in [5, 5.41) is 2.92. The highest BCUT2D eigenvalue weighted by Gasteiger charge is 2.16. The lowest BCUT2D eigenvalue weighted by Crippen LogP contribution is -2.21. The fourth-order valence-electron chi connectivity index (χ4n) is 2.41. The third-order valence-electron chi connectivity index (χ3n) is 3.74. The third kappa shape index (κ3) is 4.29. The van der Waals surface area contributed by atoms with Crippen molar-refractivity contribution in [2.75, 3.05) is 26.1 Å². The molecule has 0 unspecified atom stereocenters. The van der Waals surface area contributed by atoms with Gasteiger partial charge in [-0.3, -0.25) is 9.78 Å². The number of fused-ring (bicyclic) bond motifs is 1. The Morgan fingerprint density at radius 2 is 1.79 bits per heavy atom. The van der Waals surface area contributed by atoms with Crippen LogP contribution in [0, 0.1) is 0 Å². The highest BCUT2D eigenvalue weighted by atomic mass is 35.5. The van der Waals surface area contributed by atoms with Crippen LogP contribution in [0.25, 0.3) is 11.0 Å². The Kier molecular flexibility index (Phi) is 5.90. The standard InChI is InChI=1S/C19H16ClN3O5/c1-26-16-8-14(17(27-2)7-11(16)20)23-18(24)10-28-19(25)15-9-21-12-5-3-4-6-13(12)22-15/h3-9H,10H2,1-2H3,(H,23,24). The van der Waals surface area contributed by atoms with Crippen LogP contribution in [0.2, 0.25) is 5.02 Å². The van der Waals surface area contributed by atoms with Crippen molar-refractivity contribution in [3.8, 4) is 11.5 Å². The van der Waals surface area contributed by atoms with E-state index in [-0.39, 0.29) is 5.69 Å². The van der Waals surface area contributed by atoms with Gasteiger partial charge in [-0.25, -0.2) is 9.78 Å². The molecule has 0 spiro atoms. The molecule has 0 fully saturated rings. The number of esters is 1. The number of para-hydroxylation sites is 2. The Labute approximate surface area is 165 Å². The van der Waals surface area contributed by atoms with Gasteiger partial charge < -0.3 is 19.5 Å². The number of hydrogen-bond acceptors (Lipinski definition) is 7. The number of methoxy groups -OCH3 is 2. The van der Waals surface area contributed by atoms with Crippen molar-refractivity contribution in [2.45, 2.75) is 0 Å². The summed E-state index contributed by atoms with van der Waals surface area (Å²) < 4.78 is 15.3. The number of hydrogen-bond donors (Lipinski definition) is 1. The molecule has 144 valence electrons. The molecule has 8 nitrogen and oxygen atoms in total. The highest BCUT2D eigenvalue weighted by Crippen LogP contribution is 2.35. The maximum absolute atomic E-state index is 12.2. The van der Waals surface area contributed by atoms with E-state index in [4.69, 9.17) is 25.8 Å². The molecule has 1 heterocycles. The molecule has 3 rings (SSSR count). The van der Waals surface area contributed by atoms with Crippen LogP contribution in [0.1, 0.15) is 10.5 Å². The van der Waals surface area contributed by atoms with Gasteiger partial charge in [0.05, 0.1) is 42.2 Å². The second kappa shape index (κ2) is 8.53. The predicted molar refractivity (Wildman–Crippen MR) is 103 cm³/mol. The van der Waals surface area contributed by atoms with Crippen LogP contribution in [-0.2, 0) is 9.53 Å². The number of carbonyl (C=O) groups is 2. The second-order valence-electron chi connectivity index (χ2n) is 5.56. The maximum atomic E-state index is 12.2. The van der Waals surface area contributed by atoms with Crippen molar-refractivity contribution in [3.63, 3.8) is 0 Å². The molecule has 0 bridgehead atoms. The Balaban J connectivity index is 1.66. The van der Waals surface area contributed by atoms with Gasteiger partial charge in [-0.15, -0.1) is 0 Å². The van der Waals surface area contributed by atoms with Crippen molar-refractivity contribution in [3.05, 3.63) is 53.3 Å². The number of aromatic nitrogens is 2. The van der Waals surface area contributed by atoms with E-state index in [1.54, 1.807) is 18.2 Å². The van der Waals surface area contributed by atoms with E-state index in [9.17, 15) is 9.59 Å². The van der Waals surface area contributed by atoms with Gasteiger partial charge in [-0.1, -0.05) is 23.7 Å². The summed E-state index contributed by atoms with van der Waals surface area (Å²) in [4.78, 5) is 32.6. The first-order chi connectivity index (χ1) is 13.5. The number of anilines is 1. The molecule has 0 radical (unpaired) electrons. The zero-order valence-electron chi connectivity index (χ0n) is 15.1. The SMILES string of the molecule is COc1cc(NC(=O)COC(=O)c2cnc3ccccc3n2)c(OC)cc1Cl. The van der Waals surface area contributed by atoms with Crippen LogP contribution < -0.4 is 14.8 Å². The normalized spacial score (nSPS) is 10.4. The molecule has 1 aromatic heterocycles. The highest BCUT2D eigenvalue weighted by molar-refractivity contribution is 6.32. The summed E-state index contributed by atoms with van der Waals surface area (Å²) in [6.45, 7) is -0.512. The predicted octanol–water partition coefficient (Wildman–Crippen LogP) is 3.10. The molecule has 0 saturated carbocycles. The molecule has 0 aliphatic carbocycles. The quantitative estimate of drug-likeness (QED) is 0.633. The molecule has 3 aromatic rings. The van der Waals surface area contributed by atoms with Crippen LogP contribution in [0.3, 0.4) is 0 Å². The molecular formula is C19H16ClN3O5. The number of halogens is 1. The smallest absolute Gasteiger partial charge is 0.359 e. The molecule has 9 heteroatoms. The Morgan fingerprint density at radius 3 is 2.50 bits per heavy atom. The minimum Gasteiger partial charge on any atom is -0.495 e. The Bertz CT molecular complexity index is 1040. The van der Waals surface area contributed by atoms with Gasteiger partial charge in [-0.2, -0.15) is 0 Å². The lowest BCUT2D eigenvalue weighted by atomic mass is 10.2. The van der Waals surface area contributed by atoms with E-state index in [1.807, 2.05) is 6.07 Å². The molecule has 0 atom stereocenters. The van der Waals surface area contributed by atoms with E-state index in [2.05, 4.69) is 15.3 Å². The van der Waals surface area contributed by atoms with E-state index in [0.29, 0.717) is 33.2 Å². The van der Waals surface area contributed by atoms with Crippen LogP contribution in [0.15, 0.2) is 42.6 Å². The molecule has 28 heavy (non-hydrogen) atoms. The molecule has 0 aliphatic rings. The molecular weight excluding hydrogens is 386 g/mol. The lowest BCUT2D eigenvalue weighted by Gasteiger charge is -2.13. The van der Waals surface area contributed by atoms with Crippen molar-refractivity contribution < 1.29 is 23.8 Å². The number of rotatable bonds is 6. The van der Waals surface area contributed by atoms with Gasteiger partial charge in [0, 0.05) is 12.1 Å². The van der Waals surface area contributed by atoms with Gasteiger partial charge in [-0.05, 0) is 12.1 Å². The first-order valence-electron chi connectivity index (χ1n) is 8.12. The largest absolute Gasteiger partial charge is 0.495 e. The lowest BCUT2D eigenvalue weighted by molar-refractivity contribution is -0.119. The number of nitrogens with zero attached hydrogens (tertiary/aromatic N) is 2. The summed E-state index contributed by atoms with van der Waals surface area (Å²) in [6, 6.07) is 10.1. The maximum Gasteiger partial charge on any atom is 0.359 e. The van der Waals surface area contributed by atoms with E-state index < -0.39 is 18.5 Å². The summed E-state index contributed by atoms with van der Waals surface area (Å²) in [5.74, 6) is -0.620. The van der Waals surface area contributed by atoms with Gasteiger partial charge in [0.25, 0.3) is 5.91 Å². The fraction of sp³-hybridized carbons (Fsp3) is 0.158. The minimum atomic E-state index is -0.756. The summed E-state index contributed by atoms with van der Waals surface area (Å²) >= 11 is 6.03. The molecule has 2 aromatic carbocycles. The number of carbonyl (C=O) groups excluding carboxylic acids is 2. The number of benzene rings is 2. The van der Waals surface area contributed by atoms with Gasteiger partial charge in [0.1, 0.15) is 11.5 Å². The third-order valence-corrected chi connectivity index (χ3v) is 4.04. The van der Waals surface area contributed by atoms with E-state index >= 15 is 0 Å². The van der Waals surface area contributed by atoms with E-state index in [0.717, 1.165) is 0 Å². The molecule has 0 saturated heterocycles. The summed E-state index contributed by atoms with van der Waals surface area (Å²) in [5.41, 5.74) is 1.55. The Morgan fingerprint density at radius 1 is 1.07 bits per heavy atom. The topological polar surface area (TPSA) is 99.6 Å². The van der Waals surface area contributed by atoms with E-state index in [1.165, 1.54) is 32.5 Å². The van der Waals surface area contributed by atoms with Crippen molar-refractivity contribution >= 4 is 40.2 Å². The van der Waals surface area contributed by atoms with Crippen molar-refractivity contribution in [2.24, 2.45) is 0 Å². The monoisotopic (exact) mass is 401 g/mol. The van der Waals surface area contributed by atoms with Gasteiger partial charge >= 0.3 is 5.97 Å². The second-order valence-corrected chi connectivity index (χ2v) is 5.96. The first kappa shape index (κ1) is 19.4. The summed E-state index contributed by atoms with van der Waals surface area (Å²) in [6.07, 6.45) is 1.30. The van der Waals surface area contributed by atoms with Crippen LogP contribution in [-0.4, -0.2) is 42.7 Å². The van der Waals surface area contributed by atoms with Crippen LogP contribution in [0.4, 0.5) is 5.69 Å². The van der Waals surface area contributed by atoms with Gasteiger partial charge in [0.2, 0.25) is 0 Å². The Hall–Kier alpha value is -3.39. The molecule has 1 N–H and O–H groups in total. The average Bonchev–Trinajstić information content (AvgIpc) is 2.72. The molecule has 1 amide bonds. The minimum absolute atomic E-state index is 0.0113. The van der Waals surface area contributed by atoms with Crippen molar-refractivity contribution in [1.29, 1.82) is 0 Å². The zero-order valence-corrected chi connectivity index (χ0v) is 15.8. The fourth-order valence-corrected chi connectivity index (χ4v) is 2.64. The number of nitrogens with one attached hydrogen (secondary N) is 1. The summed E-state index contributed by atoms with van der Waals surface area (Å²) in [7, 11) is 2.89. The van der Waals surface area contributed by atoms with Gasteiger partial charge in [0.15, 0.2) is 12.3 Å². The first-order valence-corrected chi connectivity index (χ1v) is 8.50. The van der Waals surface area contributed by atoms with Crippen LogP contribution in [0.5, 0.6) is 11.5 Å².